The van der Waals surface area contributed by atoms with Gasteiger partial charge in [0.1, 0.15) is 0 Å². The van der Waals surface area contributed by atoms with Crippen LogP contribution >= 0.6 is 11.6 Å². The molecule has 1 aromatic rings. The Labute approximate surface area is 84.4 Å². The highest BCUT2D eigenvalue weighted by Gasteiger charge is 2.26. The van der Waals surface area contributed by atoms with E-state index in [4.69, 9.17) is 11.6 Å². The van der Waals surface area contributed by atoms with Gasteiger partial charge in [0.2, 0.25) is 0 Å². The van der Waals surface area contributed by atoms with Gasteiger partial charge in [-0.2, -0.15) is 0 Å². The summed E-state index contributed by atoms with van der Waals surface area (Å²) < 4.78 is 0. The Kier molecular flexibility index (Phi) is 2.99. The minimum Gasteiger partial charge on any atom is -0.385 e. The SMILES string of the molecule is CC(C)C(C)(O)c1ccc(Cl)cc1. The molecule has 0 saturated heterocycles. The first-order valence-electron chi connectivity index (χ1n) is 4.43. The largest absolute Gasteiger partial charge is 0.385 e. The highest BCUT2D eigenvalue weighted by atomic mass is 35.5. The molecule has 0 aromatic heterocycles. The van der Waals surface area contributed by atoms with Gasteiger partial charge in [0.25, 0.3) is 0 Å². The van der Waals surface area contributed by atoms with Crippen molar-refractivity contribution in [2.45, 2.75) is 26.4 Å². The monoisotopic (exact) mass is 198 g/mol. The van der Waals surface area contributed by atoms with Crippen LogP contribution in [0.5, 0.6) is 0 Å². The number of halogens is 1. The fourth-order valence-electron chi connectivity index (χ4n) is 1.12. The molecule has 2 heteroatoms. The maximum Gasteiger partial charge on any atom is 0.0891 e. The number of hydrogen-bond acceptors (Lipinski definition) is 1. The third-order valence-corrected chi connectivity index (χ3v) is 2.80. The second-order valence-corrected chi connectivity index (χ2v) is 4.25. The lowest BCUT2D eigenvalue weighted by Gasteiger charge is -2.28. The van der Waals surface area contributed by atoms with E-state index < -0.39 is 5.60 Å². The Morgan fingerprint density at radius 2 is 1.69 bits per heavy atom. The molecule has 0 fully saturated rings. The maximum atomic E-state index is 10.1. The molecule has 1 nitrogen and oxygen atoms in total. The molecule has 1 N–H and O–H groups in total. The van der Waals surface area contributed by atoms with E-state index in [0.29, 0.717) is 5.02 Å². The molecule has 0 amide bonds. The van der Waals surface area contributed by atoms with E-state index in [1.165, 1.54) is 0 Å². The van der Waals surface area contributed by atoms with Crippen molar-refractivity contribution in [1.82, 2.24) is 0 Å². The van der Waals surface area contributed by atoms with E-state index in [-0.39, 0.29) is 5.92 Å². The topological polar surface area (TPSA) is 20.2 Å². The van der Waals surface area contributed by atoms with Crippen molar-refractivity contribution < 1.29 is 5.11 Å². The third kappa shape index (κ3) is 2.23. The second kappa shape index (κ2) is 3.69. The molecule has 0 spiro atoms. The molecule has 0 aliphatic carbocycles. The molecular formula is C11H15ClO. The molecule has 0 saturated carbocycles. The summed E-state index contributed by atoms with van der Waals surface area (Å²) in [5.74, 6) is 0.189. The number of aliphatic hydroxyl groups is 1. The highest BCUT2D eigenvalue weighted by Crippen LogP contribution is 2.29. The summed E-state index contributed by atoms with van der Waals surface area (Å²) in [6.07, 6.45) is 0. The molecule has 0 aliphatic heterocycles. The lowest BCUT2D eigenvalue weighted by molar-refractivity contribution is 0.00906. The van der Waals surface area contributed by atoms with Crippen molar-refractivity contribution in [2.75, 3.05) is 0 Å². The van der Waals surface area contributed by atoms with Gasteiger partial charge in [0, 0.05) is 5.02 Å². The summed E-state index contributed by atoms with van der Waals surface area (Å²) in [6, 6.07) is 7.33. The predicted octanol–water partition coefficient (Wildman–Crippen LogP) is 3.20. The van der Waals surface area contributed by atoms with Crippen molar-refractivity contribution in [3.05, 3.63) is 34.9 Å². The van der Waals surface area contributed by atoms with Crippen LogP contribution in [0.2, 0.25) is 5.02 Å². The molecule has 0 aliphatic rings. The van der Waals surface area contributed by atoms with Gasteiger partial charge in [0.05, 0.1) is 5.60 Å². The maximum absolute atomic E-state index is 10.1. The van der Waals surface area contributed by atoms with E-state index in [1.54, 1.807) is 12.1 Å². The van der Waals surface area contributed by atoms with Gasteiger partial charge < -0.3 is 5.11 Å². The molecule has 0 heterocycles. The van der Waals surface area contributed by atoms with Crippen LogP contribution in [0, 0.1) is 5.92 Å². The molecule has 1 unspecified atom stereocenters. The van der Waals surface area contributed by atoms with Crippen molar-refractivity contribution in [3.8, 4) is 0 Å². The third-order valence-electron chi connectivity index (χ3n) is 2.55. The fraction of sp³-hybridized carbons (Fsp3) is 0.455. The Morgan fingerprint density at radius 1 is 1.23 bits per heavy atom. The summed E-state index contributed by atoms with van der Waals surface area (Å²) in [7, 11) is 0. The zero-order valence-corrected chi connectivity index (χ0v) is 8.97. The van der Waals surface area contributed by atoms with Gasteiger partial charge in [-0.1, -0.05) is 37.6 Å². The second-order valence-electron chi connectivity index (χ2n) is 3.81. The molecular weight excluding hydrogens is 184 g/mol. The minimum atomic E-state index is -0.773. The van der Waals surface area contributed by atoms with Crippen LogP contribution in [0.1, 0.15) is 26.3 Å². The lowest BCUT2D eigenvalue weighted by Crippen LogP contribution is -2.27. The van der Waals surface area contributed by atoms with Crippen molar-refractivity contribution in [2.24, 2.45) is 5.92 Å². The minimum absolute atomic E-state index is 0.189. The predicted molar refractivity (Wildman–Crippen MR) is 55.9 cm³/mol. The standard InChI is InChI=1S/C11H15ClO/c1-8(2)11(3,13)9-4-6-10(12)7-5-9/h4-8,13H,1-3H3. The zero-order chi connectivity index (χ0) is 10.1. The van der Waals surface area contributed by atoms with E-state index >= 15 is 0 Å². The van der Waals surface area contributed by atoms with E-state index in [0.717, 1.165) is 5.56 Å². The summed E-state index contributed by atoms with van der Waals surface area (Å²) in [5.41, 5.74) is 0.136. The summed E-state index contributed by atoms with van der Waals surface area (Å²) in [6.45, 7) is 5.81. The molecule has 1 aromatic carbocycles. The Hall–Kier alpha value is -0.530. The summed E-state index contributed by atoms with van der Waals surface area (Å²) >= 11 is 5.76. The van der Waals surface area contributed by atoms with Gasteiger partial charge in [-0.05, 0) is 30.5 Å². The zero-order valence-electron chi connectivity index (χ0n) is 8.21. The van der Waals surface area contributed by atoms with Crippen molar-refractivity contribution in [1.29, 1.82) is 0 Å². The highest BCUT2D eigenvalue weighted by molar-refractivity contribution is 6.30. The normalized spacial score (nSPS) is 15.8. The first-order chi connectivity index (χ1) is 5.94. The van der Waals surface area contributed by atoms with Crippen LogP contribution in [0.4, 0.5) is 0 Å². The van der Waals surface area contributed by atoms with Crippen molar-refractivity contribution in [3.63, 3.8) is 0 Å². The quantitative estimate of drug-likeness (QED) is 0.774. The van der Waals surface area contributed by atoms with Gasteiger partial charge in [-0.3, -0.25) is 0 Å². The summed E-state index contributed by atoms with van der Waals surface area (Å²) in [5, 5.41) is 10.8. The first-order valence-corrected chi connectivity index (χ1v) is 4.81. The Balaban J connectivity index is 3.01. The van der Waals surface area contributed by atoms with Crippen LogP contribution < -0.4 is 0 Å². The van der Waals surface area contributed by atoms with Crippen molar-refractivity contribution >= 4 is 11.6 Å². The van der Waals surface area contributed by atoms with Crippen LogP contribution in [0.25, 0.3) is 0 Å². The fourth-order valence-corrected chi connectivity index (χ4v) is 1.25. The Bertz CT molecular complexity index is 275. The smallest absolute Gasteiger partial charge is 0.0891 e. The molecule has 0 radical (unpaired) electrons. The van der Waals surface area contributed by atoms with Gasteiger partial charge in [0.15, 0.2) is 0 Å². The van der Waals surface area contributed by atoms with Gasteiger partial charge in [-0.25, -0.2) is 0 Å². The molecule has 72 valence electrons. The van der Waals surface area contributed by atoms with E-state index in [1.807, 2.05) is 32.9 Å². The molecule has 13 heavy (non-hydrogen) atoms. The summed E-state index contributed by atoms with van der Waals surface area (Å²) in [4.78, 5) is 0. The number of benzene rings is 1. The Morgan fingerprint density at radius 3 is 2.08 bits per heavy atom. The first kappa shape index (κ1) is 10.6. The van der Waals surface area contributed by atoms with Crippen LogP contribution in [-0.4, -0.2) is 5.11 Å². The molecule has 0 bridgehead atoms. The van der Waals surface area contributed by atoms with E-state index in [9.17, 15) is 5.11 Å². The lowest BCUT2D eigenvalue weighted by atomic mass is 9.85. The molecule has 1 atom stereocenters. The number of rotatable bonds is 2. The molecule has 1 rings (SSSR count). The van der Waals surface area contributed by atoms with Crippen LogP contribution in [-0.2, 0) is 5.60 Å². The van der Waals surface area contributed by atoms with Gasteiger partial charge >= 0.3 is 0 Å². The van der Waals surface area contributed by atoms with E-state index in [2.05, 4.69) is 0 Å². The van der Waals surface area contributed by atoms with Crippen LogP contribution in [0.15, 0.2) is 24.3 Å². The van der Waals surface area contributed by atoms with Crippen LogP contribution in [0.3, 0.4) is 0 Å². The number of hydrogen-bond donors (Lipinski definition) is 1. The van der Waals surface area contributed by atoms with Gasteiger partial charge in [-0.15, -0.1) is 0 Å². The average molecular weight is 199 g/mol. The average Bonchev–Trinajstić information content (AvgIpc) is 2.04.